The van der Waals surface area contributed by atoms with Crippen LogP contribution in [-0.4, -0.2) is 8.07 Å². The molecule has 2 rings (SSSR count). The van der Waals surface area contributed by atoms with Crippen LogP contribution in [0.5, 0.6) is 0 Å². The SMILES string of the molecule is CCCC(C#C[Si](C(C)C)(C(C)C)C(C)C)c1ccccc1Sc1ccccc1. The molecule has 0 spiro atoms. The maximum absolute atomic E-state index is 3.99. The Labute approximate surface area is 184 Å². The van der Waals surface area contributed by atoms with Gasteiger partial charge in [0.25, 0.3) is 0 Å². The van der Waals surface area contributed by atoms with E-state index >= 15 is 0 Å². The van der Waals surface area contributed by atoms with E-state index in [0.29, 0.717) is 22.5 Å². The molecule has 0 N–H and O–H groups in total. The van der Waals surface area contributed by atoms with Gasteiger partial charge in [-0.1, -0.05) is 103 Å². The normalized spacial score (nSPS) is 12.9. The van der Waals surface area contributed by atoms with Crippen molar-refractivity contribution in [3.8, 4) is 11.5 Å². The van der Waals surface area contributed by atoms with E-state index in [1.807, 2.05) is 11.8 Å². The molecule has 1 atom stereocenters. The summed E-state index contributed by atoms with van der Waals surface area (Å²) in [7, 11) is -1.71. The van der Waals surface area contributed by atoms with Gasteiger partial charge in [0.2, 0.25) is 0 Å². The van der Waals surface area contributed by atoms with Gasteiger partial charge in [0.05, 0.1) is 0 Å². The molecule has 2 heteroatoms. The molecule has 0 radical (unpaired) electrons. The quantitative estimate of drug-likeness (QED) is 0.302. The van der Waals surface area contributed by atoms with Gasteiger partial charge in [-0.3, -0.25) is 0 Å². The topological polar surface area (TPSA) is 0 Å². The van der Waals surface area contributed by atoms with Gasteiger partial charge in [-0.15, -0.1) is 11.5 Å². The molecule has 0 aliphatic heterocycles. The third-order valence-corrected chi connectivity index (χ3v) is 13.6. The summed E-state index contributed by atoms with van der Waals surface area (Å²) in [4.78, 5) is 2.63. The third-order valence-electron chi connectivity index (χ3n) is 6.17. The highest BCUT2D eigenvalue weighted by molar-refractivity contribution is 7.99. The zero-order chi connectivity index (χ0) is 21.4. The smallest absolute Gasteiger partial charge is 0.130 e. The zero-order valence-corrected chi connectivity index (χ0v) is 21.1. The highest BCUT2D eigenvalue weighted by Crippen LogP contribution is 2.41. The van der Waals surface area contributed by atoms with Crippen molar-refractivity contribution < 1.29 is 0 Å². The summed E-state index contributed by atoms with van der Waals surface area (Å²) >= 11 is 1.86. The summed E-state index contributed by atoms with van der Waals surface area (Å²) in [5.41, 5.74) is 7.40. The summed E-state index contributed by atoms with van der Waals surface area (Å²) in [5, 5.41) is 0. The second-order valence-corrected chi connectivity index (χ2v) is 15.7. The minimum Gasteiger partial charge on any atom is -0.130 e. The molecular weight excluding hydrogens is 384 g/mol. The molecule has 0 aromatic heterocycles. The lowest BCUT2D eigenvalue weighted by atomic mass is 9.95. The first-order chi connectivity index (χ1) is 13.8. The van der Waals surface area contributed by atoms with Crippen molar-refractivity contribution in [1.29, 1.82) is 0 Å². The van der Waals surface area contributed by atoms with Crippen LogP contribution in [0.4, 0.5) is 0 Å². The van der Waals surface area contributed by atoms with Crippen LogP contribution in [-0.2, 0) is 0 Å². The van der Waals surface area contributed by atoms with Crippen LogP contribution in [0.15, 0.2) is 64.4 Å². The van der Waals surface area contributed by atoms with Crippen molar-refractivity contribution in [3.05, 3.63) is 60.2 Å². The predicted molar refractivity (Wildman–Crippen MR) is 133 cm³/mol. The predicted octanol–water partition coefficient (Wildman–Crippen LogP) is 8.94. The Morgan fingerprint density at radius 1 is 0.793 bits per heavy atom. The second kappa shape index (κ2) is 11.1. The minimum absolute atomic E-state index is 0.315. The summed E-state index contributed by atoms with van der Waals surface area (Å²) in [6.07, 6.45) is 2.28. The van der Waals surface area contributed by atoms with E-state index in [-0.39, 0.29) is 0 Å². The lowest BCUT2D eigenvalue weighted by molar-refractivity contribution is 0.723. The molecule has 2 aromatic rings. The Kier molecular flexibility index (Phi) is 9.12. The van der Waals surface area contributed by atoms with E-state index in [4.69, 9.17) is 0 Å². The number of hydrogen-bond donors (Lipinski definition) is 0. The van der Waals surface area contributed by atoms with E-state index in [2.05, 4.69) is 115 Å². The number of rotatable bonds is 8. The van der Waals surface area contributed by atoms with E-state index in [1.54, 1.807) is 0 Å². The zero-order valence-electron chi connectivity index (χ0n) is 19.3. The van der Waals surface area contributed by atoms with Gasteiger partial charge in [-0.2, -0.15) is 0 Å². The van der Waals surface area contributed by atoms with Crippen LogP contribution in [0.25, 0.3) is 0 Å². The van der Waals surface area contributed by atoms with Crippen LogP contribution in [0, 0.1) is 11.5 Å². The largest absolute Gasteiger partial charge is 0.145 e. The highest BCUT2D eigenvalue weighted by atomic mass is 32.2. The average Bonchev–Trinajstić information content (AvgIpc) is 2.68. The van der Waals surface area contributed by atoms with E-state index in [1.165, 1.54) is 15.4 Å². The Morgan fingerprint density at radius 2 is 1.34 bits per heavy atom. The third kappa shape index (κ3) is 5.80. The first-order valence-electron chi connectivity index (χ1n) is 11.2. The lowest BCUT2D eigenvalue weighted by Crippen LogP contribution is -2.43. The minimum atomic E-state index is -1.71. The van der Waals surface area contributed by atoms with Crippen LogP contribution >= 0.6 is 11.8 Å². The van der Waals surface area contributed by atoms with Crippen LogP contribution in [0.3, 0.4) is 0 Å². The van der Waals surface area contributed by atoms with Crippen LogP contribution < -0.4 is 0 Å². The van der Waals surface area contributed by atoms with E-state index in [9.17, 15) is 0 Å². The van der Waals surface area contributed by atoms with E-state index < -0.39 is 8.07 Å². The number of hydrogen-bond acceptors (Lipinski definition) is 1. The summed E-state index contributed by atoms with van der Waals surface area (Å²) in [6, 6.07) is 19.6. The molecule has 0 amide bonds. The van der Waals surface area contributed by atoms with Gasteiger partial charge in [0.1, 0.15) is 8.07 Å². The molecule has 2 aromatic carbocycles. The van der Waals surface area contributed by atoms with Gasteiger partial charge in [0, 0.05) is 15.7 Å². The lowest BCUT2D eigenvalue weighted by Gasteiger charge is -2.38. The van der Waals surface area contributed by atoms with E-state index in [0.717, 1.165) is 12.8 Å². The van der Waals surface area contributed by atoms with Crippen molar-refractivity contribution in [2.24, 2.45) is 0 Å². The van der Waals surface area contributed by atoms with Crippen molar-refractivity contribution in [2.75, 3.05) is 0 Å². The fourth-order valence-corrected chi connectivity index (χ4v) is 11.0. The van der Waals surface area contributed by atoms with Crippen molar-refractivity contribution in [3.63, 3.8) is 0 Å². The first-order valence-corrected chi connectivity index (χ1v) is 14.2. The maximum atomic E-state index is 3.99. The fraction of sp³-hybridized carbons (Fsp3) is 0.481. The molecule has 29 heavy (non-hydrogen) atoms. The molecule has 1 unspecified atom stereocenters. The molecule has 0 saturated carbocycles. The number of benzene rings is 2. The fourth-order valence-electron chi connectivity index (χ4n) is 4.72. The van der Waals surface area contributed by atoms with Gasteiger partial charge in [0.15, 0.2) is 0 Å². The highest BCUT2D eigenvalue weighted by Gasteiger charge is 2.41. The Hall–Kier alpha value is -1.43. The molecule has 0 aliphatic carbocycles. The molecule has 0 saturated heterocycles. The van der Waals surface area contributed by atoms with Crippen LogP contribution in [0.2, 0.25) is 16.6 Å². The molecule has 0 nitrogen and oxygen atoms in total. The molecular formula is C27H38SSi. The molecule has 0 bridgehead atoms. The van der Waals surface area contributed by atoms with Gasteiger partial charge >= 0.3 is 0 Å². The average molecular weight is 423 g/mol. The summed E-state index contributed by atoms with van der Waals surface area (Å²) in [6.45, 7) is 16.7. The Balaban J connectivity index is 2.47. The van der Waals surface area contributed by atoms with Gasteiger partial charge in [-0.25, -0.2) is 0 Å². The molecule has 0 fully saturated rings. The van der Waals surface area contributed by atoms with Crippen LogP contribution in [0.1, 0.15) is 72.8 Å². The molecule has 0 heterocycles. The Bertz CT molecular complexity index is 789. The maximum Gasteiger partial charge on any atom is 0.145 e. The molecule has 156 valence electrons. The van der Waals surface area contributed by atoms with Crippen molar-refractivity contribution in [2.45, 2.75) is 93.6 Å². The standard InChI is InChI=1S/C27H38SSi/c1-8-14-24(19-20-29(21(2)3,22(4)5)23(6)7)26-17-12-13-18-27(26)28-25-15-10-9-11-16-25/h9-13,15-18,21-24H,8,14H2,1-7H3. The monoisotopic (exact) mass is 422 g/mol. The summed E-state index contributed by atoms with van der Waals surface area (Å²) in [5.74, 6) is 4.16. The van der Waals surface area contributed by atoms with Crippen molar-refractivity contribution in [1.82, 2.24) is 0 Å². The summed E-state index contributed by atoms with van der Waals surface area (Å²) < 4.78 is 0. The Morgan fingerprint density at radius 3 is 1.90 bits per heavy atom. The first kappa shape index (κ1) is 23.8. The molecule has 0 aliphatic rings. The second-order valence-electron chi connectivity index (χ2n) is 8.96. The van der Waals surface area contributed by atoms with Gasteiger partial charge < -0.3 is 0 Å². The van der Waals surface area contributed by atoms with Crippen molar-refractivity contribution >= 4 is 19.8 Å². The van der Waals surface area contributed by atoms with Gasteiger partial charge in [-0.05, 0) is 46.8 Å².